The van der Waals surface area contributed by atoms with Gasteiger partial charge in [0.05, 0.1) is 18.8 Å². The molecule has 0 heterocycles. The van der Waals surface area contributed by atoms with Gasteiger partial charge in [0.25, 0.3) is 0 Å². The van der Waals surface area contributed by atoms with Crippen LogP contribution in [0.2, 0.25) is 0 Å². The van der Waals surface area contributed by atoms with E-state index in [1.807, 2.05) is 0 Å². The van der Waals surface area contributed by atoms with E-state index in [1.165, 1.54) is 0 Å². The average molecular weight is 456 g/mol. The maximum Gasteiger partial charge on any atom is 0.362 e. The van der Waals surface area contributed by atoms with Crippen molar-refractivity contribution in [3.05, 3.63) is 38.5 Å². The highest BCUT2D eigenvalue weighted by atomic mass is 19.3. The highest BCUT2D eigenvalue weighted by Gasteiger charge is 3.05. The summed E-state index contributed by atoms with van der Waals surface area (Å²) in [6.45, 7) is 7.52. The third kappa shape index (κ3) is 2.37. The third-order valence-electron chi connectivity index (χ3n) is 4.01. The Hall–Kier alpha value is -3.00. The highest BCUT2D eigenvalue weighted by Crippen LogP contribution is 2.69. The summed E-state index contributed by atoms with van der Waals surface area (Å²) in [5.74, 6) is -32.1. The van der Waals surface area contributed by atoms with Gasteiger partial charge in [-0.1, -0.05) is 19.7 Å². The molecule has 1 rings (SSSR count). The van der Waals surface area contributed by atoms with E-state index in [4.69, 9.17) is 0 Å². The molecule has 0 N–H and O–H groups in total. The van der Waals surface area contributed by atoms with Gasteiger partial charge in [-0.15, -0.1) is 0 Å². The van der Waals surface area contributed by atoms with Gasteiger partial charge in [0, 0.05) is 0 Å². The lowest BCUT2D eigenvalue weighted by molar-refractivity contribution is -0.409. The number of rotatable bonds is 6. The zero-order valence-corrected chi connectivity index (χ0v) is 14.2. The van der Waals surface area contributed by atoms with E-state index >= 15 is 0 Å². The summed E-state index contributed by atoms with van der Waals surface area (Å²) < 4.78 is 142. The van der Waals surface area contributed by atoms with Crippen molar-refractivity contribution in [2.75, 3.05) is 0 Å². The summed E-state index contributed by atoms with van der Waals surface area (Å²) in [5, 5.41) is 0. The summed E-state index contributed by atoms with van der Waals surface area (Å²) in [7, 11) is 0. The summed E-state index contributed by atoms with van der Waals surface area (Å²) in [4.78, 5) is 34.6. The van der Waals surface area contributed by atoms with Crippen LogP contribution >= 0.6 is 0 Å². The highest BCUT2D eigenvalue weighted by molar-refractivity contribution is 5.96. The van der Waals surface area contributed by atoms with Crippen molar-refractivity contribution in [3.8, 4) is 0 Å². The lowest BCUT2D eigenvalue weighted by Gasteiger charge is -2.54. The van der Waals surface area contributed by atoms with Crippen molar-refractivity contribution in [2.24, 2.45) is 0 Å². The van der Waals surface area contributed by atoms with Crippen LogP contribution in [0.15, 0.2) is 38.5 Å². The van der Waals surface area contributed by atoms with Crippen molar-refractivity contribution in [3.63, 3.8) is 0 Å². The topological polar surface area (TPSA) is 78.9 Å². The quantitative estimate of drug-likeness (QED) is 0.265. The Labute approximate surface area is 160 Å². The molecule has 1 saturated carbocycles. The number of carbonyl (C=O) groups is 3. The minimum Gasteiger partial charge on any atom is -0.432 e. The van der Waals surface area contributed by atoms with Gasteiger partial charge < -0.3 is 14.2 Å². The van der Waals surface area contributed by atoms with E-state index < -0.39 is 52.7 Å². The van der Waals surface area contributed by atoms with Crippen molar-refractivity contribution in [1.29, 1.82) is 0 Å². The molecule has 15 heteroatoms. The van der Waals surface area contributed by atoms with Gasteiger partial charge in [0.15, 0.2) is 0 Å². The first-order valence-electron chi connectivity index (χ1n) is 7.11. The Kier molecular flexibility index (Phi) is 5.89. The first kappa shape index (κ1) is 25.0. The molecule has 1 fully saturated rings. The smallest absolute Gasteiger partial charge is 0.362 e. The van der Waals surface area contributed by atoms with Crippen LogP contribution in [-0.2, 0) is 28.6 Å². The van der Waals surface area contributed by atoms with Crippen LogP contribution in [-0.4, -0.2) is 52.7 Å². The fourth-order valence-corrected chi connectivity index (χ4v) is 2.54. The van der Waals surface area contributed by atoms with E-state index in [-0.39, 0.29) is 18.8 Å². The second-order valence-electron chi connectivity index (χ2n) is 5.41. The fourth-order valence-electron chi connectivity index (χ4n) is 2.54. The van der Waals surface area contributed by atoms with Gasteiger partial charge in [-0.2, -0.15) is 26.3 Å². The molecule has 0 amide bonds. The molecule has 0 aromatic heterocycles. The van der Waals surface area contributed by atoms with Gasteiger partial charge in [-0.25, -0.2) is 27.6 Å². The zero-order chi connectivity index (χ0) is 24.0. The molecule has 0 aromatic rings. The number of hydrogen-bond acceptors (Lipinski definition) is 6. The Bertz CT molecular complexity index is 684. The van der Waals surface area contributed by atoms with Gasteiger partial charge in [0.2, 0.25) is 0 Å². The second-order valence-corrected chi connectivity index (χ2v) is 5.41. The van der Waals surface area contributed by atoms with Gasteiger partial charge in [-0.05, 0) is 0 Å². The fraction of sp³-hybridized carbons (Fsp3) is 0.400. The van der Waals surface area contributed by atoms with Crippen molar-refractivity contribution in [1.82, 2.24) is 0 Å². The minimum absolute atomic E-state index is 0.285. The third-order valence-corrected chi connectivity index (χ3v) is 4.01. The van der Waals surface area contributed by atoms with Crippen molar-refractivity contribution >= 4 is 17.9 Å². The summed E-state index contributed by atoms with van der Waals surface area (Å²) in [6.07, 6.45) is -0.856. The molecule has 1 aliphatic carbocycles. The van der Waals surface area contributed by atoms with Crippen LogP contribution in [0.4, 0.5) is 39.5 Å². The Morgan fingerprint density at radius 3 is 0.800 bits per heavy atom. The summed E-state index contributed by atoms with van der Waals surface area (Å²) >= 11 is 0. The number of halogens is 9. The van der Waals surface area contributed by atoms with Gasteiger partial charge in [-0.3, -0.25) is 0 Å². The molecule has 0 aliphatic heterocycles. The summed E-state index contributed by atoms with van der Waals surface area (Å²) in [6, 6.07) is 0. The molecular weight excluding hydrogens is 447 g/mol. The van der Waals surface area contributed by atoms with E-state index in [0.29, 0.717) is 0 Å². The number of hydrogen-bond donors (Lipinski definition) is 0. The molecule has 168 valence electrons. The number of carbonyl (C=O) groups excluding carboxylic acids is 3. The largest absolute Gasteiger partial charge is 0.432 e. The molecule has 0 saturated heterocycles. The Balaban J connectivity index is 4.24. The summed E-state index contributed by atoms with van der Waals surface area (Å²) in [5.41, 5.74) is -20.2. The van der Waals surface area contributed by atoms with Crippen LogP contribution in [0.5, 0.6) is 0 Å². The molecule has 30 heavy (non-hydrogen) atoms. The number of esters is 3. The lowest BCUT2D eigenvalue weighted by Crippen LogP contribution is -2.90. The van der Waals surface area contributed by atoms with Crippen molar-refractivity contribution in [2.45, 2.75) is 34.8 Å². The van der Waals surface area contributed by atoms with Gasteiger partial charge >= 0.3 is 52.7 Å². The van der Waals surface area contributed by atoms with Crippen LogP contribution in [0.1, 0.15) is 0 Å². The molecule has 0 radical (unpaired) electrons. The normalized spacial score (nSPS) is 33.5. The minimum atomic E-state index is -7.11. The average Bonchev–Trinajstić information content (AvgIpc) is 2.64. The SMILES string of the molecule is C=COC(=O)C1(F)C(F)(F)C(F)(C(=O)OC=C)C(F)(F)C(F)(C(=O)OC=C)C1(F)F. The number of alkyl halides is 9. The predicted molar refractivity (Wildman–Crippen MR) is 75.2 cm³/mol. The zero-order valence-electron chi connectivity index (χ0n) is 14.2. The van der Waals surface area contributed by atoms with Crippen LogP contribution in [0, 0.1) is 0 Å². The lowest BCUT2D eigenvalue weighted by atomic mass is 9.61. The molecule has 0 unspecified atom stereocenters. The van der Waals surface area contributed by atoms with Crippen molar-refractivity contribution < 1.29 is 68.1 Å². The van der Waals surface area contributed by atoms with Crippen LogP contribution < -0.4 is 0 Å². The van der Waals surface area contributed by atoms with E-state index in [0.717, 1.165) is 0 Å². The molecular formula is C15H9F9O6. The van der Waals surface area contributed by atoms with Gasteiger partial charge in [0.1, 0.15) is 0 Å². The van der Waals surface area contributed by atoms with E-state index in [9.17, 15) is 53.9 Å². The Morgan fingerprint density at radius 2 is 0.667 bits per heavy atom. The maximum atomic E-state index is 14.9. The number of ether oxygens (including phenoxy) is 3. The van der Waals surface area contributed by atoms with Crippen LogP contribution in [0.25, 0.3) is 0 Å². The molecule has 0 aromatic carbocycles. The first-order valence-corrected chi connectivity index (χ1v) is 7.11. The molecule has 1 aliphatic rings. The maximum absolute atomic E-state index is 14.9. The molecule has 0 spiro atoms. The van der Waals surface area contributed by atoms with Crippen LogP contribution in [0.3, 0.4) is 0 Å². The van der Waals surface area contributed by atoms with E-state index in [2.05, 4.69) is 33.9 Å². The monoisotopic (exact) mass is 456 g/mol. The molecule has 6 nitrogen and oxygen atoms in total. The predicted octanol–water partition coefficient (Wildman–Crippen LogP) is 3.09. The first-order chi connectivity index (χ1) is 13.4. The van der Waals surface area contributed by atoms with E-state index in [1.54, 1.807) is 0 Å². The second kappa shape index (κ2) is 7.05. The molecule has 0 bridgehead atoms. The Morgan fingerprint density at radius 1 is 0.500 bits per heavy atom. The standard InChI is InChI=1S/C15H9F9O6/c1-4-28-7(25)10(16)13(19,20)11(17,8(26)29-5-2)15(23,24)12(18,14(10,21)22)9(27)30-6-3/h4-6H,1-3H2. The molecule has 0 atom stereocenters.